The second-order valence-electron chi connectivity index (χ2n) is 12.0. The highest BCUT2D eigenvalue weighted by atomic mass is 16.5. The highest BCUT2D eigenvalue weighted by molar-refractivity contribution is 5.96. The van der Waals surface area contributed by atoms with Crippen LogP contribution in [0.4, 0.5) is 0 Å². The van der Waals surface area contributed by atoms with Gasteiger partial charge in [0, 0.05) is 25.1 Å². The van der Waals surface area contributed by atoms with Crippen molar-refractivity contribution in [1.82, 2.24) is 4.90 Å². The van der Waals surface area contributed by atoms with Gasteiger partial charge in [-0.25, -0.2) is 4.57 Å². The first-order valence-corrected chi connectivity index (χ1v) is 17.3. The normalized spacial score (nSPS) is 10.9. The summed E-state index contributed by atoms with van der Waals surface area (Å²) in [5.41, 5.74) is 2.61. The number of aryl methyl sites for hydroxylation is 1. The van der Waals surface area contributed by atoms with Crippen LogP contribution in [0.1, 0.15) is 119 Å². The first-order valence-electron chi connectivity index (χ1n) is 17.3. The zero-order chi connectivity index (χ0) is 32.1. The first-order chi connectivity index (χ1) is 22.1. The van der Waals surface area contributed by atoms with Crippen LogP contribution in [0, 0.1) is 0 Å². The number of para-hydroxylation sites is 1. The largest absolute Gasteiger partial charge is 0.496 e. The number of benzene rings is 2. The number of ether oxygens (including phenoxy) is 3. The lowest BCUT2D eigenvalue weighted by Crippen LogP contribution is -2.42. The Kier molecular flexibility index (Phi) is 17.0. The number of unbranched alkanes of at least 4 members (excludes halogenated alkanes) is 11. The molecule has 246 valence electrons. The van der Waals surface area contributed by atoms with E-state index in [1.807, 2.05) is 59.5 Å². The fourth-order valence-corrected chi connectivity index (χ4v) is 5.78. The third-order valence-electron chi connectivity index (χ3n) is 8.33. The van der Waals surface area contributed by atoms with Gasteiger partial charge in [-0.1, -0.05) is 109 Å². The number of amides is 1. The second-order valence-corrected chi connectivity index (χ2v) is 12.0. The molecular formula is C39H57N2O4+. The van der Waals surface area contributed by atoms with Crippen molar-refractivity contribution in [1.29, 1.82) is 0 Å². The smallest absolute Gasteiger partial charge is 0.258 e. The molecule has 0 bridgehead atoms. The molecule has 0 radical (unpaired) electrons. The average Bonchev–Trinajstić information content (AvgIpc) is 3.07. The molecule has 3 aromatic rings. The van der Waals surface area contributed by atoms with Crippen molar-refractivity contribution in [2.45, 2.75) is 117 Å². The summed E-state index contributed by atoms with van der Waals surface area (Å²) in [7, 11) is 3.27. The monoisotopic (exact) mass is 617 g/mol. The standard InChI is InChI=1S/C39H57N2O4/c1-5-7-8-9-10-11-12-13-14-15-16-21-29-45-37-26-25-33(30-38(37)44-4)31-41(32-34-22-19-20-28-40(34)27-6-2)39(42)35-23-17-18-24-36(35)43-3/h17-20,22-26,28,30H,5-16,21,27,29,31-32H2,1-4H3/q+1. The summed E-state index contributed by atoms with van der Waals surface area (Å²) in [4.78, 5) is 15.8. The average molecular weight is 618 g/mol. The summed E-state index contributed by atoms with van der Waals surface area (Å²) in [5, 5.41) is 0. The quantitative estimate of drug-likeness (QED) is 0.0786. The van der Waals surface area contributed by atoms with E-state index in [4.69, 9.17) is 14.2 Å². The number of hydrogen-bond acceptors (Lipinski definition) is 4. The van der Waals surface area contributed by atoms with Crippen molar-refractivity contribution in [3.8, 4) is 17.2 Å². The van der Waals surface area contributed by atoms with Crippen LogP contribution in [0.5, 0.6) is 17.2 Å². The maximum absolute atomic E-state index is 14.0. The predicted octanol–water partition coefficient (Wildman–Crippen LogP) is 9.32. The minimum atomic E-state index is -0.0781. The first kappa shape index (κ1) is 35.9. The molecule has 3 rings (SSSR count). The van der Waals surface area contributed by atoms with E-state index in [0.29, 0.717) is 36.8 Å². The zero-order valence-electron chi connectivity index (χ0n) is 28.4. The lowest BCUT2D eigenvalue weighted by molar-refractivity contribution is -0.705. The Bertz CT molecular complexity index is 1260. The molecule has 45 heavy (non-hydrogen) atoms. The number of carbonyl (C=O) groups excluding carboxylic acids is 1. The van der Waals surface area contributed by atoms with Gasteiger partial charge in [-0.15, -0.1) is 0 Å². The summed E-state index contributed by atoms with van der Waals surface area (Å²) in [6.45, 7) is 6.90. The van der Waals surface area contributed by atoms with Crippen molar-refractivity contribution >= 4 is 5.91 Å². The Balaban J connectivity index is 1.57. The summed E-state index contributed by atoms with van der Waals surface area (Å²) in [6, 6.07) is 19.6. The Morgan fingerprint density at radius 1 is 0.667 bits per heavy atom. The van der Waals surface area contributed by atoms with E-state index >= 15 is 0 Å². The molecule has 0 aliphatic heterocycles. The molecule has 0 saturated carbocycles. The van der Waals surface area contributed by atoms with E-state index in [1.165, 1.54) is 70.6 Å². The number of methoxy groups -OCH3 is 2. The minimum Gasteiger partial charge on any atom is -0.496 e. The lowest BCUT2D eigenvalue weighted by Gasteiger charge is -2.23. The molecule has 0 fully saturated rings. The topological polar surface area (TPSA) is 51.9 Å². The van der Waals surface area contributed by atoms with Crippen molar-refractivity contribution in [2.24, 2.45) is 0 Å². The molecule has 1 amide bonds. The van der Waals surface area contributed by atoms with Crippen molar-refractivity contribution in [3.63, 3.8) is 0 Å². The summed E-state index contributed by atoms with van der Waals surface area (Å²) >= 11 is 0. The van der Waals surface area contributed by atoms with E-state index in [2.05, 4.69) is 30.7 Å². The summed E-state index contributed by atoms with van der Waals surface area (Å²) in [6.07, 6.45) is 18.9. The van der Waals surface area contributed by atoms with Gasteiger partial charge in [-0.05, 0) is 36.2 Å². The molecule has 1 aromatic heterocycles. The molecule has 0 saturated heterocycles. The van der Waals surface area contributed by atoms with Crippen molar-refractivity contribution < 1.29 is 23.6 Å². The van der Waals surface area contributed by atoms with Gasteiger partial charge in [0.25, 0.3) is 5.91 Å². The van der Waals surface area contributed by atoms with Crippen LogP contribution in [0.15, 0.2) is 66.9 Å². The highest BCUT2D eigenvalue weighted by Crippen LogP contribution is 2.30. The molecule has 0 spiro atoms. The number of rotatable bonds is 23. The number of carbonyl (C=O) groups is 1. The summed E-state index contributed by atoms with van der Waals surface area (Å²) < 4.78 is 19.6. The molecule has 0 atom stereocenters. The minimum absolute atomic E-state index is 0.0781. The van der Waals surface area contributed by atoms with Crippen molar-refractivity contribution in [3.05, 3.63) is 83.7 Å². The Hall–Kier alpha value is -3.54. The van der Waals surface area contributed by atoms with Gasteiger partial charge in [-0.2, -0.15) is 0 Å². The van der Waals surface area contributed by atoms with Gasteiger partial charge < -0.3 is 19.1 Å². The Morgan fingerprint density at radius 2 is 1.31 bits per heavy atom. The predicted molar refractivity (Wildman–Crippen MR) is 183 cm³/mol. The molecule has 1 heterocycles. The summed E-state index contributed by atoms with van der Waals surface area (Å²) in [5.74, 6) is 1.93. The van der Waals surface area contributed by atoms with E-state index in [-0.39, 0.29) is 5.91 Å². The fraction of sp³-hybridized carbons (Fsp3) is 0.538. The van der Waals surface area contributed by atoms with E-state index < -0.39 is 0 Å². The van der Waals surface area contributed by atoms with Gasteiger partial charge in [-0.3, -0.25) is 4.79 Å². The van der Waals surface area contributed by atoms with Crippen LogP contribution < -0.4 is 18.8 Å². The number of aromatic nitrogens is 1. The van der Waals surface area contributed by atoms with Gasteiger partial charge in [0.1, 0.15) is 18.8 Å². The lowest BCUT2D eigenvalue weighted by atomic mass is 10.1. The molecular weight excluding hydrogens is 560 g/mol. The zero-order valence-corrected chi connectivity index (χ0v) is 28.4. The van der Waals surface area contributed by atoms with E-state index in [0.717, 1.165) is 36.4 Å². The SMILES string of the molecule is CCCCCCCCCCCCCCOc1ccc(CN(Cc2cccc[n+]2CCC)C(=O)c2ccccc2OC)cc1OC. The van der Waals surface area contributed by atoms with Crippen LogP contribution in [0.25, 0.3) is 0 Å². The molecule has 6 nitrogen and oxygen atoms in total. The van der Waals surface area contributed by atoms with Gasteiger partial charge in [0.15, 0.2) is 17.7 Å². The molecule has 0 aliphatic carbocycles. The van der Waals surface area contributed by atoms with Crippen LogP contribution in [0.2, 0.25) is 0 Å². The third-order valence-corrected chi connectivity index (χ3v) is 8.33. The molecule has 0 unspecified atom stereocenters. The van der Waals surface area contributed by atoms with Crippen LogP contribution >= 0.6 is 0 Å². The van der Waals surface area contributed by atoms with Gasteiger partial charge in [0.05, 0.1) is 26.4 Å². The number of nitrogens with zero attached hydrogens (tertiary/aromatic N) is 2. The maximum Gasteiger partial charge on any atom is 0.258 e. The van der Waals surface area contributed by atoms with Crippen LogP contribution in [0.3, 0.4) is 0 Å². The Labute approximate surface area is 272 Å². The maximum atomic E-state index is 14.0. The van der Waals surface area contributed by atoms with Crippen LogP contribution in [-0.4, -0.2) is 31.6 Å². The van der Waals surface area contributed by atoms with Gasteiger partial charge >= 0.3 is 0 Å². The second kappa shape index (κ2) is 21.2. The van der Waals surface area contributed by atoms with Crippen molar-refractivity contribution in [2.75, 3.05) is 20.8 Å². The molecule has 2 aromatic carbocycles. The molecule has 0 aliphatic rings. The molecule has 6 heteroatoms. The fourth-order valence-electron chi connectivity index (χ4n) is 5.78. The van der Waals surface area contributed by atoms with E-state index in [1.54, 1.807) is 14.2 Å². The van der Waals surface area contributed by atoms with E-state index in [9.17, 15) is 4.79 Å². The number of hydrogen-bond donors (Lipinski definition) is 0. The highest BCUT2D eigenvalue weighted by Gasteiger charge is 2.24. The molecule has 0 N–H and O–H groups in total. The van der Waals surface area contributed by atoms with Crippen LogP contribution in [-0.2, 0) is 19.6 Å². The number of pyridine rings is 1. The van der Waals surface area contributed by atoms with Gasteiger partial charge in [0.2, 0.25) is 5.69 Å². The Morgan fingerprint density at radius 3 is 1.98 bits per heavy atom. The third kappa shape index (κ3) is 12.4.